The maximum absolute atomic E-state index is 6.89. The van der Waals surface area contributed by atoms with Gasteiger partial charge < -0.3 is 5.32 Å². The standard InChI is InChI=1S/C4H8IN3/c1-3(7-2)8-4(5)6/h1-2H3,(H2,6,7,8). The van der Waals surface area contributed by atoms with E-state index >= 15 is 0 Å². The number of hydrogen-bond acceptors (Lipinski definition) is 1. The molecule has 0 aliphatic heterocycles. The summed E-state index contributed by atoms with van der Waals surface area (Å²) in [6, 6.07) is 0. The Bertz CT molecular complexity index is 118. The van der Waals surface area contributed by atoms with E-state index in [4.69, 9.17) is 5.41 Å². The van der Waals surface area contributed by atoms with E-state index in [-0.39, 0.29) is 0 Å². The second-order valence-corrected chi connectivity index (χ2v) is 2.26. The van der Waals surface area contributed by atoms with E-state index in [2.05, 4.69) is 10.3 Å². The van der Waals surface area contributed by atoms with Crippen molar-refractivity contribution in [3.05, 3.63) is 0 Å². The Kier molecular flexibility index (Phi) is 3.76. The summed E-state index contributed by atoms with van der Waals surface area (Å²) >= 11 is 1.84. The first-order valence-electron chi connectivity index (χ1n) is 2.14. The van der Waals surface area contributed by atoms with Gasteiger partial charge in [0.25, 0.3) is 0 Å². The summed E-state index contributed by atoms with van der Waals surface area (Å²) < 4.78 is 0.300. The molecule has 3 nitrogen and oxygen atoms in total. The molecule has 0 rings (SSSR count). The van der Waals surface area contributed by atoms with Crippen LogP contribution in [0.4, 0.5) is 0 Å². The van der Waals surface area contributed by atoms with Gasteiger partial charge in [-0.25, -0.2) is 4.99 Å². The van der Waals surface area contributed by atoms with E-state index in [1.54, 1.807) is 7.05 Å². The number of nitrogens with zero attached hydrogens (tertiary/aromatic N) is 1. The maximum Gasteiger partial charge on any atom is 0.184 e. The minimum Gasteiger partial charge on any atom is -0.377 e. The summed E-state index contributed by atoms with van der Waals surface area (Å²) in [6.45, 7) is 1.81. The average molecular weight is 225 g/mol. The number of hydrogen-bond donors (Lipinski definition) is 2. The highest BCUT2D eigenvalue weighted by Crippen LogP contribution is 1.86. The largest absolute Gasteiger partial charge is 0.377 e. The number of aliphatic imine (C=N–C) groups is 1. The zero-order valence-electron chi connectivity index (χ0n) is 4.83. The number of amidine groups is 2. The minimum absolute atomic E-state index is 0.300. The van der Waals surface area contributed by atoms with E-state index in [1.807, 2.05) is 29.5 Å². The van der Waals surface area contributed by atoms with Crippen LogP contribution in [0.15, 0.2) is 4.99 Å². The summed E-state index contributed by atoms with van der Waals surface area (Å²) in [7, 11) is 1.78. The van der Waals surface area contributed by atoms with Gasteiger partial charge in [0, 0.05) is 29.6 Å². The van der Waals surface area contributed by atoms with Gasteiger partial charge in [-0.3, -0.25) is 5.41 Å². The normalized spacial score (nSPS) is 11.1. The van der Waals surface area contributed by atoms with Crippen molar-refractivity contribution in [1.82, 2.24) is 5.32 Å². The molecule has 4 heteroatoms. The molecule has 0 aliphatic rings. The number of rotatable bonds is 0. The molecule has 2 N–H and O–H groups in total. The van der Waals surface area contributed by atoms with Crippen LogP contribution in [0.3, 0.4) is 0 Å². The Labute approximate surface area is 62.2 Å². The smallest absolute Gasteiger partial charge is 0.184 e. The van der Waals surface area contributed by atoms with Crippen LogP contribution in [0.25, 0.3) is 0 Å². The number of nitrogens with one attached hydrogen (secondary N) is 2. The molecule has 0 fully saturated rings. The Morgan fingerprint density at radius 1 is 1.75 bits per heavy atom. The maximum atomic E-state index is 6.89. The summed E-state index contributed by atoms with van der Waals surface area (Å²) in [5.74, 6) is 0.768. The van der Waals surface area contributed by atoms with Crippen molar-refractivity contribution in [1.29, 1.82) is 5.41 Å². The van der Waals surface area contributed by atoms with Crippen molar-refractivity contribution in [2.45, 2.75) is 6.92 Å². The van der Waals surface area contributed by atoms with Crippen LogP contribution < -0.4 is 5.32 Å². The van der Waals surface area contributed by atoms with Gasteiger partial charge in [-0.15, -0.1) is 0 Å². The van der Waals surface area contributed by atoms with Crippen LogP contribution in [0.2, 0.25) is 0 Å². The van der Waals surface area contributed by atoms with Gasteiger partial charge in [-0.1, -0.05) is 0 Å². The lowest BCUT2D eigenvalue weighted by Gasteiger charge is -1.92. The number of halogens is 1. The monoisotopic (exact) mass is 225 g/mol. The topological polar surface area (TPSA) is 48.2 Å². The van der Waals surface area contributed by atoms with Crippen LogP contribution in [0, 0.1) is 5.41 Å². The minimum atomic E-state index is 0.300. The van der Waals surface area contributed by atoms with Crippen LogP contribution in [0.5, 0.6) is 0 Å². The van der Waals surface area contributed by atoms with E-state index in [0.29, 0.717) is 3.84 Å². The average Bonchev–Trinajstić information content (AvgIpc) is 1.65. The molecule has 0 aliphatic carbocycles. The molecule has 0 saturated carbocycles. The SMILES string of the molecule is CN/C(C)=N\C(=N)I. The van der Waals surface area contributed by atoms with E-state index in [0.717, 1.165) is 5.84 Å². The van der Waals surface area contributed by atoms with Crippen LogP contribution >= 0.6 is 22.6 Å². The fourth-order valence-corrected chi connectivity index (χ4v) is 0.565. The molecule has 46 valence electrons. The molecule has 0 aromatic heterocycles. The predicted octanol–water partition coefficient (Wildman–Crippen LogP) is 0.994. The lowest BCUT2D eigenvalue weighted by molar-refractivity contribution is 1.16. The Balaban J connectivity index is 3.75. The first kappa shape index (κ1) is 7.87. The molecule has 8 heavy (non-hydrogen) atoms. The molecule has 0 saturated heterocycles. The van der Waals surface area contributed by atoms with E-state index < -0.39 is 0 Å². The van der Waals surface area contributed by atoms with Gasteiger partial charge in [-0.2, -0.15) is 0 Å². The predicted molar refractivity (Wildman–Crippen MR) is 43.9 cm³/mol. The van der Waals surface area contributed by atoms with Crippen LogP contribution in [-0.2, 0) is 0 Å². The Morgan fingerprint density at radius 2 is 2.25 bits per heavy atom. The van der Waals surface area contributed by atoms with Gasteiger partial charge in [-0.05, 0) is 6.92 Å². The third-order valence-electron chi connectivity index (χ3n) is 0.628. The van der Waals surface area contributed by atoms with Crippen molar-refractivity contribution in [2.75, 3.05) is 7.05 Å². The highest BCUT2D eigenvalue weighted by molar-refractivity contribution is 14.1. The third-order valence-corrected chi connectivity index (χ3v) is 0.869. The molecule has 0 heterocycles. The molecule has 0 radical (unpaired) electrons. The van der Waals surface area contributed by atoms with Crippen LogP contribution in [0.1, 0.15) is 6.92 Å². The van der Waals surface area contributed by atoms with Crippen molar-refractivity contribution in [2.24, 2.45) is 4.99 Å². The summed E-state index contributed by atoms with van der Waals surface area (Å²) in [4.78, 5) is 3.77. The summed E-state index contributed by atoms with van der Waals surface area (Å²) in [6.07, 6.45) is 0. The van der Waals surface area contributed by atoms with Crippen LogP contribution in [-0.4, -0.2) is 16.7 Å². The molecule has 0 amide bonds. The Hall–Kier alpha value is -0.130. The third kappa shape index (κ3) is 4.04. The Morgan fingerprint density at radius 3 is 2.38 bits per heavy atom. The lowest BCUT2D eigenvalue weighted by atomic mass is 10.7. The highest BCUT2D eigenvalue weighted by atomic mass is 127. The molecule has 0 bridgehead atoms. The highest BCUT2D eigenvalue weighted by Gasteiger charge is 1.83. The second kappa shape index (κ2) is 3.82. The fraction of sp³-hybridized carbons (Fsp3) is 0.500. The van der Waals surface area contributed by atoms with Gasteiger partial charge in [0.1, 0.15) is 5.84 Å². The molecular formula is C4H8IN3. The molecular weight excluding hydrogens is 217 g/mol. The van der Waals surface area contributed by atoms with E-state index in [9.17, 15) is 0 Å². The van der Waals surface area contributed by atoms with Crippen molar-refractivity contribution in [3.8, 4) is 0 Å². The quantitative estimate of drug-likeness (QED) is 0.274. The lowest BCUT2D eigenvalue weighted by Crippen LogP contribution is -2.14. The van der Waals surface area contributed by atoms with Gasteiger partial charge >= 0.3 is 0 Å². The zero-order chi connectivity index (χ0) is 6.57. The molecule has 0 unspecified atom stereocenters. The summed E-state index contributed by atoms with van der Waals surface area (Å²) in [5.41, 5.74) is 0. The van der Waals surface area contributed by atoms with Gasteiger partial charge in [0.2, 0.25) is 0 Å². The molecule has 0 spiro atoms. The van der Waals surface area contributed by atoms with E-state index in [1.165, 1.54) is 0 Å². The molecule has 0 aromatic rings. The van der Waals surface area contributed by atoms with Crippen molar-refractivity contribution >= 4 is 32.3 Å². The second-order valence-electron chi connectivity index (χ2n) is 1.24. The van der Waals surface area contributed by atoms with Crippen molar-refractivity contribution < 1.29 is 0 Å². The van der Waals surface area contributed by atoms with Gasteiger partial charge in [0.05, 0.1) is 0 Å². The summed E-state index contributed by atoms with van der Waals surface area (Å²) in [5, 5.41) is 9.69. The van der Waals surface area contributed by atoms with Gasteiger partial charge in [0.15, 0.2) is 3.84 Å². The zero-order valence-corrected chi connectivity index (χ0v) is 6.98. The first-order valence-corrected chi connectivity index (χ1v) is 3.21. The molecule has 0 atom stereocenters. The first-order chi connectivity index (χ1) is 3.66. The van der Waals surface area contributed by atoms with Crippen molar-refractivity contribution in [3.63, 3.8) is 0 Å². The fourth-order valence-electron chi connectivity index (χ4n) is 0.203. The molecule has 0 aromatic carbocycles.